The van der Waals surface area contributed by atoms with E-state index in [1.165, 1.54) is 26.2 Å². The van der Waals surface area contributed by atoms with Crippen molar-refractivity contribution in [3.05, 3.63) is 46.6 Å². The lowest BCUT2D eigenvalue weighted by Gasteiger charge is -2.36. The molecule has 3 N–H and O–H groups in total. The van der Waals surface area contributed by atoms with E-state index in [2.05, 4.69) is 16.4 Å². The molecule has 1 saturated heterocycles. The third kappa shape index (κ3) is 4.81. The number of allylic oxidation sites excluding steroid dienone is 1. The van der Waals surface area contributed by atoms with Gasteiger partial charge in [0.1, 0.15) is 23.4 Å². The summed E-state index contributed by atoms with van der Waals surface area (Å²) >= 11 is 1.15. The molecule has 0 bridgehead atoms. The first kappa shape index (κ1) is 27.6. The quantitative estimate of drug-likeness (QED) is 0.463. The number of benzene rings is 1. The lowest BCUT2D eigenvalue weighted by Crippen LogP contribution is -2.63. The number of nitrogens with one attached hydrogen (secondary N) is 1. The number of hydrogen-bond acceptors (Lipinski definition) is 12. The van der Waals surface area contributed by atoms with Crippen LogP contribution in [-0.2, 0) is 19.1 Å². The molecule has 1 fully saturated rings. The fourth-order valence-corrected chi connectivity index (χ4v) is 5.49. The Kier molecular flexibility index (Phi) is 7.91. The van der Waals surface area contributed by atoms with E-state index in [0.29, 0.717) is 22.2 Å². The number of urea groups is 1. The minimum Gasteiger partial charge on any atom is -0.493 e. The van der Waals surface area contributed by atoms with Crippen LogP contribution in [-0.4, -0.2) is 85.8 Å². The number of esters is 1. The normalized spacial score (nSPS) is 22.6. The van der Waals surface area contributed by atoms with Crippen molar-refractivity contribution in [2.45, 2.75) is 25.0 Å². The zero-order chi connectivity index (χ0) is 28.4. The van der Waals surface area contributed by atoms with Gasteiger partial charge in [-0.2, -0.15) is 5.26 Å². The molecule has 1 aromatic carbocycles. The van der Waals surface area contributed by atoms with Crippen molar-refractivity contribution in [2.24, 2.45) is 10.7 Å². The van der Waals surface area contributed by atoms with Crippen LogP contribution in [0.25, 0.3) is 0 Å². The summed E-state index contributed by atoms with van der Waals surface area (Å²) in [5, 5.41) is 13.4. The Balaban J connectivity index is 1.74. The molecule has 0 saturated carbocycles. The number of amidine groups is 1. The molecule has 0 radical (unpaired) electrons. The molecule has 206 valence electrons. The van der Waals surface area contributed by atoms with Gasteiger partial charge in [-0.1, -0.05) is 23.9 Å². The first-order valence-corrected chi connectivity index (χ1v) is 12.9. The molecule has 3 amide bonds. The van der Waals surface area contributed by atoms with E-state index in [4.69, 9.17) is 24.7 Å². The maximum Gasteiger partial charge on any atom is 0.338 e. The van der Waals surface area contributed by atoms with Gasteiger partial charge < -0.3 is 34.9 Å². The van der Waals surface area contributed by atoms with Crippen LogP contribution in [0.4, 0.5) is 4.79 Å². The molecule has 13 nitrogen and oxygen atoms in total. The molecule has 0 aromatic heterocycles. The second kappa shape index (κ2) is 11.2. The number of para-hydroxylation sites is 1. The SMILES string of the molecule is CCOC(=O)C1=C(CSC2=N[C@H]3[C@@H](N2)C(=O)N(C)C(=O)N3C)OC(N)=C(C#N)[C@H]1c1cccc(OC)c1OC. The van der Waals surface area contributed by atoms with Gasteiger partial charge >= 0.3 is 12.0 Å². The van der Waals surface area contributed by atoms with Crippen molar-refractivity contribution < 1.29 is 33.3 Å². The highest BCUT2D eigenvalue weighted by Gasteiger charge is 2.47. The largest absolute Gasteiger partial charge is 0.493 e. The molecule has 3 heterocycles. The Bertz CT molecular complexity index is 1350. The van der Waals surface area contributed by atoms with E-state index in [9.17, 15) is 19.6 Å². The van der Waals surface area contributed by atoms with Crippen LogP contribution in [0.2, 0.25) is 0 Å². The lowest BCUT2D eigenvalue weighted by atomic mass is 9.82. The number of carbonyl (C=O) groups excluding carboxylic acids is 3. The van der Waals surface area contributed by atoms with E-state index in [-0.39, 0.29) is 35.1 Å². The molecule has 3 atom stereocenters. The molecule has 0 unspecified atom stereocenters. The summed E-state index contributed by atoms with van der Waals surface area (Å²) in [5.41, 5.74) is 6.72. The predicted molar refractivity (Wildman–Crippen MR) is 140 cm³/mol. The number of nitrogens with zero attached hydrogens (tertiary/aromatic N) is 4. The number of amides is 3. The topological polar surface area (TPSA) is 169 Å². The van der Waals surface area contributed by atoms with Gasteiger partial charge in [0.05, 0.1) is 38.1 Å². The number of carbonyl (C=O) groups is 3. The second-order valence-corrected chi connectivity index (χ2v) is 9.58. The van der Waals surface area contributed by atoms with Gasteiger partial charge in [-0.3, -0.25) is 9.69 Å². The second-order valence-electron chi connectivity index (χ2n) is 8.61. The Hall–Kier alpha value is -4.38. The number of aliphatic imine (C=N–C) groups is 1. The van der Waals surface area contributed by atoms with Crippen LogP contribution in [0.15, 0.2) is 46.0 Å². The lowest BCUT2D eigenvalue weighted by molar-refractivity contribution is -0.139. The number of rotatable bonds is 7. The first-order chi connectivity index (χ1) is 18.7. The minimum atomic E-state index is -0.969. The van der Waals surface area contributed by atoms with Gasteiger partial charge in [-0.05, 0) is 13.0 Å². The van der Waals surface area contributed by atoms with Crippen LogP contribution >= 0.6 is 11.8 Å². The summed E-state index contributed by atoms with van der Waals surface area (Å²) in [6.07, 6.45) is -0.710. The number of fused-ring (bicyclic) bond motifs is 1. The molecule has 0 aliphatic carbocycles. The highest BCUT2D eigenvalue weighted by atomic mass is 32.2. The number of thioether (sulfide) groups is 1. The Morgan fingerprint density at radius 1 is 1.28 bits per heavy atom. The zero-order valence-electron chi connectivity index (χ0n) is 22.0. The van der Waals surface area contributed by atoms with Crippen molar-refractivity contribution >= 4 is 34.8 Å². The van der Waals surface area contributed by atoms with E-state index >= 15 is 0 Å². The number of hydrogen-bond donors (Lipinski definition) is 2. The smallest absolute Gasteiger partial charge is 0.338 e. The number of nitrogens with two attached hydrogens (primary N) is 1. The molecule has 3 aliphatic rings. The predicted octanol–water partition coefficient (Wildman–Crippen LogP) is 1.24. The Labute approximate surface area is 229 Å². The van der Waals surface area contributed by atoms with Crippen molar-refractivity contribution in [3.63, 3.8) is 0 Å². The van der Waals surface area contributed by atoms with Crippen molar-refractivity contribution in [1.82, 2.24) is 15.1 Å². The molecule has 39 heavy (non-hydrogen) atoms. The number of nitriles is 1. The molecule has 14 heteroatoms. The van der Waals surface area contributed by atoms with Crippen LogP contribution in [0.5, 0.6) is 11.5 Å². The third-order valence-corrected chi connectivity index (χ3v) is 7.39. The number of likely N-dealkylation sites (N-methyl/N-ethyl adjacent to an activating group) is 2. The summed E-state index contributed by atoms with van der Waals surface area (Å²) in [5.74, 6) is -1.32. The fraction of sp³-hybridized carbons (Fsp3) is 0.400. The molecule has 0 spiro atoms. The molecule has 4 rings (SSSR count). The summed E-state index contributed by atoms with van der Waals surface area (Å²) in [6, 6.07) is 5.96. The molecule has 3 aliphatic heterocycles. The van der Waals surface area contributed by atoms with Gasteiger partial charge in [-0.25, -0.2) is 14.6 Å². The van der Waals surface area contributed by atoms with Gasteiger partial charge in [0.2, 0.25) is 5.88 Å². The maximum absolute atomic E-state index is 13.3. The highest BCUT2D eigenvalue weighted by Crippen LogP contribution is 2.46. The van der Waals surface area contributed by atoms with Crippen LogP contribution < -0.4 is 20.5 Å². The molecular formula is C25H28N6O7S. The average molecular weight is 557 g/mol. The molecule has 1 aromatic rings. The Morgan fingerprint density at radius 2 is 2.03 bits per heavy atom. The van der Waals surface area contributed by atoms with Crippen molar-refractivity contribution in [1.29, 1.82) is 5.26 Å². The number of methoxy groups -OCH3 is 2. The first-order valence-electron chi connectivity index (χ1n) is 11.9. The summed E-state index contributed by atoms with van der Waals surface area (Å²) < 4.78 is 22.2. The zero-order valence-corrected chi connectivity index (χ0v) is 22.8. The van der Waals surface area contributed by atoms with Gasteiger partial charge in [0.15, 0.2) is 22.8 Å². The van der Waals surface area contributed by atoms with E-state index < -0.39 is 36.0 Å². The van der Waals surface area contributed by atoms with E-state index in [0.717, 1.165) is 16.7 Å². The minimum absolute atomic E-state index is 0.00878. The van der Waals surface area contributed by atoms with Gasteiger partial charge in [0.25, 0.3) is 5.91 Å². The number of ether oxygens (including phenoxy) is 4. The summed E-state index contributed by atoms with van der Waals surface area (Å²) in [6.45, 7) is 1.75. The third-order valence-electron chi connectivity index (χ3n) is 6.49. The monoisotopic (exact) mass is 556 g/mol. The van der Waals surface area contributed by atoms with Crippen LogP contribution in [0.3, 0.4) is 0 Å². The highest BCUT2D eigenvalue weighted by molar-refractivity contribution is 8.14. The summed E-state index contributed by atoms with van der Waals surface area (Å²) in [4.78, 5) is 45.2. The average Bonchev–Trinajstić information content (AvgIpc) is 3.37. The van der Waals surface area contributed by atoms with Crippen LogP contribution in [0.1, 0.15) is 18.4 Å². The standard InChI is InChI=1S/C25H28N6O7S/c1-6-37-23(33)17-15(11-39-24-28-18-21(29-24)30(2)25(34)31(3)22(18)32)38-20(27)13(10-26)16(17)12-8-7-9-14(35-4)19(12)36-5/h7-9,16,18,21H,6,11,27H2,1-5H3,(H,28,29)/t16-,18-,21-/m1/s1. The van der Waals surface area contributed by atoms with E-state index in [1.54, 1.807) is 32.2 Å². The van der Waals surface area contributed by atoms with Crippen molar-refractivity contribution in [2.75, 3.05) is 40.7 Å². The Morgan fingerprint density at radius 3 is 2.67 bits per heavy atom. The maximum atomic E-state index is 13.3. The van der Waals surface area contributed by atoms with Crippen LogP contribution in [0, 0.1) is 11.3 Å². The van der Waals surface area contributed by atoms with E-state index in [1.807, 2.05) is 0 Å². The fourth-order valence-electron chi connectivity index (χ4n) is 4.61. The number of imide groups is 1. The van der Waals surface area contributed by atoms with Gasteiger partial charge in [-0.15, -0.1) is 0 Å². The molecular weight excluding hydrogens is 528 g/mol. The van der Waals surface area contributed by atoms with Crippen molar-refractivity contribution in [3.8, 4) is 17.6 Å². The summed E-state index contributed by atoms with van der Waals surface area (Å²) in [7, 11) is 5.90. The van der Waals surface area contributed by atoms with Gasteiger partial charge in [0, 0.05) is 19.7 Å².